The van der Waals surface area contributed by atoms with Crippen LogP contribution in [0.3, 0.4) is 0 Å². The Morgan fingerprint density at radius 1 is 1.27 bits per heavy atom. The zero-order chi connectivity index (χ0) is 17.9. The lowest BCUT2D eigenvalue weighted by Gasteiger charge is -2.20. The predicted octanol–water partition coefficient (Wildman–Crippen LogP) is 4.00. The van der Waals surface area contributed by atoms with Crippen LogP contribution in [-0.2, 0) is 16.1 Å². The summed E-state index contributed by atoms with van der Waals surface area (Å²) in [4.78, 5) is 16.5. The summed E-state index contributed by atoms with van der Waals surface area (Å²) in [7, 11) is 0. The average Bonchev–Trinajstić information content (AvgIpc) is 3.38. The van der Waals surface area contributed by atoms with Crippen LogP contribution >= 0.6 is 0 Å². The van der Waals surface area contributed by atoms with E-state index in [2.05, 4.69) is 10.1 Å². The molecule has 1 aromatic carbocycles. The van der Waals surface area contributed by atoms with Crippen molar-refractivity contribution < 1.29 is 18.8 Å². The molecule has 138 valence electrons. The molecule has 2 aliphatic rings. The number of benzene rings is 1. The molecule has 2 saturated carbocycles. The largest absolute Gasteiger partial charge is 0.493 e. The van der Waals surface area contributed by atoms with Gasteiger partial charge in [0, 0.05) is 6.42 Å². The van der Waals surface area contributed by atoms with Gasteiger partial charge in [0.15, 0.2) is 6.61 Å². The molecule has 3 atom stereocenters. The summed E-state index contributed by atoms with van der Waals surface area (Å²) >= 11 is 0. The fourth-order valence-electron chi connectivity index (χ4n) is 4.40. The van der Waals surface area contributed by atoms with Crippen LogP contribution in [0.15, 0.2) is 28.8 Å². The van der Waals surface area contributed by atoms with Crippen LogP contribution in [0, 0.1) is 17.8 Å². The van der Waals surface area contributed by atoms with Crippen molar-refractivity contribution in [2.75, 3.05) is 6.61 Å². The third kappa shape index (κ3) is 3.59. The van der Waals surface area contributed by atoms with Crippen LogP contribution < -0.4 is 4.74 Å². The van der Waals surface area contributed by atoms with E-state index in [4.69, 9.17) is 14.0 Å². The van der Waals surface area contributed by atoms with Gasteiger partial charge in [0.1, 0.15) is 5.75 Å². The van der Waals surface area contributed by atoms with Crippen molar-refractivity contribution in [2.24, 2.45) is 17.8 Å². The Morgan fingerprint density at radius 3 is 2.92 bits per heavy atom. The molecule has 0 spiro atoms. The van der Waals surface area contributed by atoms with Gasteiger partial charge in [0.2, 0.25) is 5.82 Å². The molecule has 1 aromatic heterocycles. The maximum Gasteiger partial charge on any atom is 0.306 e. The number of esters is 1. The van der Waals surface area contributed by atoms with E-state index in [-0.39, 0.29) is 12.6 Å². The van der Waals surface area contributed by atoms with E-state index in [1.54, 1.807) is 0 Å². The molecule has 6 heteroatoms. The number of carbonyl (C=O) groups is 1. The standard InChI is InChI=1S/C20H24N2O4/c1-2-24-17-6-4-3-5-16(17)20-21-18(26-22-20)12-25-19(23)11-15-10-13-7-8-14(15)9-13/h3-6,13-15H,2,7-12H2,1H3/t13-,14-,15+/m0/s1. The van der Waals surface area contributed by atoms with Crippen molar-refractivity contribution >= 4 is 5.97 Å². The maximum absolute atomic E-state index is 12.1. The number of hydrogen-bond acceptors (Lipinski definition) is 6. The predicted molar refractivity (Wildman–Crippen MR) is 94.3 cm³/mol. The molecular formula is C20H24N2O4. The van der Waals surface area contributed by atoms with Gasteiger partial charge in [-0.05, 0) is 56.1 Å². The lowest BCUT2D eigenvalue weighted by Crippen LogP contribution is -2.17. The Morgan fingerprint density at radius 2 is 2.15 bits per heavy atom. The number of ether oxygens (including phenoxy) is 2. The first-order valence-electron chi connectivity index (χ1n) is 9.43. The summed E-state index contributed by atoms with van der Waals surface area (Å²) in [5, 5.41) is 3.98. The molecule has 26 heavy (non-hydrogen) atoms. The number of aromatic nitrogens is 2. The van der Waals surface area contributed by atoms with Crippen molar-refractivity contribution in [2.45, 2.75) is 45.6 Å². The van der Waals surface area contributed by atoms with Gasteiger partial charge in [-0.1, -0.05) is 23.7 Å². The Hall–Kier alpha value is -2.37. The lowest BCUT2D eigenvalue weighted by molar-refractivity contribution is -0.147. The van der Waals surface area contributed by atoms with Gasteiger partial charge >= 0.3 is 5.97 Å². The maximum atomic E-state index is 12.1. The Kier molecular flexibility index (Phi) is 4.91. The van der Waals surface area contributed by atoms with E-state index in [1.807, 2.05) is 31.2 Å². The highest BCUT2D eigenvalue weighted by molar-refractivity contribution is 5.69. The number of rotatable bonds is 7. The van der Waals surface area contributed by atoms with Crippen molar-refractivity contribution in [3.05, 3.63) is 30.2 Å². The third-order valence-corrected chi connectivity index (χ3v) is 5.57. The molecule has 1 heterocycles. The number of hydrogen-bond donors (Lipinski definition) is 0. The fourth-order valence-corrected chi connectivity index (χ4v) is 4.40. The molecule has 0 N–H and O–H groups in total. The quantitative estimate of drug-likeness (QED) is 0.698. The molecule has 0 radical (unpaired) electrons. The first-order chi connectivity index (χ1) is 12.7. The minimum absolute atomic E-state index is 0.0173. The number of fused-ring (bicyclic) bond motifs is 2. The monoisotopic (exact) mass is 356 g/mol. The average molecular weight is 356 g/mol. The molecule has 0 amide bonds. The van der Waals surface area contributed by atoms with Gasteiger partial charge in [-0.2, -0.15) is 4.98 Å². The molecule has 2 aliphatic carbocycles. The second-order valence-corrected chi connectivity index (χ2v) is 7.24. The van der Waals surface area contributed by atoms with E-state index < -0.39 is 0 Å². The van der Waals surface area contributed by atoms with E-state index >= 15 is 0 Å². The van der Waals surface area contributed by atoms with E-state index in [9.17, 15) is 4.79 Å². The summed E-state index contributed by atoms with van der Waals surface area (Å²) < 4.78 is 16.2. The van der Waals surface area contributed by atoms with Gasteiger partial charge in [0.05, 0.1) is 12.2 Å². The van der Waals surface area contributed by atoms with Crippen molar-refractivity contribution in [3.8, 4) is 17.1 Å². The third-order valence-electron chi connectivity index (χ3n) is 5.57. The number of para-hydroxylation sites is 1. The molecule has 6 nitrogen and oxygen atoms in total. The topological polar surface area (TPSA) is 74.5 Å². The van der Waals surface area contributed by atoms with E-state index in [0.717, 1.165) is 17.4 Å². The van der Waals surface area contributed by atoms with Gasteiger partial charge in [-0.15, -0.1) is 0 Å². The van der Waals surface area contributed by atoms with Gasteiger partial charge in [-0.25, -0.2) is 0 Å². The molecular weight excluding hydrogens is 332 g/mol. The van der Waals surface area contributed by atoms with E-state index in [1.165, 1.54) is 25.7 Å². The number of nitrogens with zero attached hydrogens (tertiary/aromatic N) is 2. The van der Waals surface area contributed by atoms with Gasteiger partial charge in [0.25, 0.3) is 5.89 Å². The lowest BCUT2D eigenvalue weighted by atomic mass is 9.86. The minimum atomic E-state index is -0.169. The summed E-state index contributed by atoms with van der Waals surface area (Å²) in [6.07, 6.45) is 5.59. The molecule has 2 fully saturated rings. The van der Waals surface area contributed by atoms with Gasteiger partial charge < -0.3 is 14.0 Å². The highest BCUT2D eigenvalue weighted by atomic mass is 16.6. The zero-order valence-electron chi connectivity index (χ0n) is 15.0. The summed E-state index contributed by atoms with van der Waals surface area (Å²) in [6, 6.07) is 7.53. The van der Waals surface area contributed by atoms with Crippen LogP contribution in [0.2, 0.25) is 0 Å². The minimum Gasteiger partial charge on any atom is -0.493 e. The van der Waals surface area contributed by atoms with Crippen LogP contribution in [-0.4, -0.2) is 22.7 Å². The smallest absolute Gasteiger partial charge is 0.306 e. The van der Waals surface area contributed by atoms with Crippen molar-refractivity contribution in [1.29, 1.82) is 0 Å². The molecule has 0 unspecified atom stereocenters. The SMILES string of the molecule is CCOc1ccccc1-c1noc(COC(=O)C[C@H]2C[C@H]3CC[C@H]2C3)n1. The van der Waals surface area contributed by atoms with Crippen LogP contribution in [0.25, 0.3) is 11.4 Å². The van der Waals surface area contributed by atoms with Crippen LogP contribution in [0.4, 0.5) is 0 Å². The molecule has 2 bridgehead atoms. The van der Waals surface area contributed by atoms with Crippen molar-refractivity contribution in [3.63, 3.8) is 0 Å². The van der Waals surface area contributed by atoms with Gasteiger partial charge in [-0.3, -0.25) is 4.79 Å². The normalized spacial score (nSPS) is 24.0. The zero-order valence-corrected chi connectivity index (χ0v) is 15.0. The second-order valence-electron chi connectivity index (χ2n) is 7.24. The Bertz CT molecular complexity index is 773. The van der Waals surface area contributed by atoms with Crippen LogP contribution in [0.1, 0.15) is 44.9 Å². The number of carbonyl (C=O) groups excluding carboxylic acids is 1. The first-order valence-corrected chi connectivity index (χ1v) is 9.43. The summed E-state index contributed by atoms with van der Waals surface area (Å²) in [5.41, 5.74) is 0.762. The molecule has 4 rings (SSSR count). The summed E-state index contributed by atoms with van der Waals surface area (Å²) in [5.74, 6) is 3.32. The highest BCUT2D eigenvalue weighted by Crippen LogP contribution is 2.49. The Labute approximate surface area is 152 Å². The first kappa shape index (κ1) is 17.1. The highest BCUT2D eigenvalue weighted by Gasteiger charge is 2.40. The Balaban J connectivity index is 1.33. The molecule has 2 aromatic rings. The second kappa shape index (κ2) is 7.48. The molecule has 0 saturated heterocycles. The van der Waals surface area contributed by atoms with Crippen LogP contribution in [0.5, 0.6) is 5.75 Å². The van der Waals surface area contributed by atoms with E-state index in [0.29, 0.717) is 36.4 Å². The summed E-state index contributed by atoms with van der Waals surface area (Å²) in [6.45, 7) is 2.50. The molecule has 0 aliphatic heterocycles. The fraction of sp³-hybridized carbons (Fsp3) is 0.550. The van der Waals surface area contributed by atoms with Crippen molar-refractivity contribution in [1.82, 2.24) is 10.1 Å².